The van der Waals surface area contributed by atoms with Crippen molar-refractivity contribution in [2.75, 3.05) is 26.4 Å². The van der Waals surface area contributed by atoms with Crippen LogP contribution in [0.4, 0.5) is 0 Å². The number of hydrogen-bond acceptors (Lipinski definition) is 15. The zero-order valence-electron chi connectivity index (χ0n) is 44.0. The van der Waals surface area contributed by atoms with Crippen LogP contribution in [0, 0.1) is 0 Å². The lowest BCUT2D eigenvalue weighted by Gasteiger charge is -2.42. The number of carbonyl (C=O) groups excluding carboxylic acids is 2. The number of allylic oxidation sites excluding steroid dienone is 6. The lowest BCUT2D eigenvalue weighted by atomic mass is 9.98. The number of ether oxygens (including phenoxy) is 6. The molecule has 0 aromatic rings. The van der Waals surface area contributed by atoms with Crippen molar-refractivity contribution in [1.29, 1.82) is 0 Å². The number of hydrogen-bond donors (Lipinski definition) is 7. The lowest BCUT2D eigenvalue weighted by Crippen LogP contribution is -2.61. The first-order valence-corrected chi connectivity index (χ1v) is 28.1. The van der Waals surface area contributed by atoms with Crippen LogP contribution in [0.25, 0.3) is 0 Å². The molecule has 0 spiro atoms. The van der Waals surface area contributed by atoms with Crippen molar-refractivity contribution in [2.45, 2.75) is 280 Å². The van der Waals surface area contributed by atoms with Crippen molar-refractivity contribution < 1.29 is 73.8 Å². The summed E-state index contributed by atoms with van der Waals surface area (Å²) in [6.07, 6.45) is 30.3. The van der Waals surface area contributed by atoms with Gasteiger partial charge >= 0.3 is 11.9 Å². The summed E-state index contributed by atoms with van der Waals surface area (Å²) in [5.74, 6) is -0.936. The summed E-state index contributed by atoms with van der Waals surface area (Å²) in [5, 5.41) is 72.2. The Morgan fingerprint density at radius 3 is 1.39 bits per heavy atom. The highest BCUT2D eigenvalue weighted by Gasteiger charge is 2.47. The van der Waals surface area contributed by atoms with E-state index in [-0.39, 0.29) is 26.1 Å². The van der Waals surface area contributed by atoms with E-state index < -0.39 is 92.7 Å². The van der Waals surface area contributed by atoms with Gasteiger partial charge in [-0.25, -0.2) is 0 Å². The summed E-state index contributed by atoms with van der Waals surface area (Å²) < 4.78 is 33.6. The van der Waals surface area contributed by atoms with Gasteiger partial charge in [-0.15, -0.1) is 0 Å². The fourth-order valence-corrected chi connectivity index (χ4v) is 8.82. The molecule has 0 radical (unpaired) electrons. The van der Waals surface area contributed by atoms with Gasteiger partial charge < -0.3 is 64.2 Å². The van der Waals surface area contributed by atoms with Crippen LogP contribution in [0.15, 0.2) is 36.5 Å². The highest BCUT2D eigenvalue weighted by molar-refractivity contribution is 5.70. The summed E-state index contributed by atoms with van der Waals surface area (Å²) in [7, 11) is 0. The molecule has 2 rings (SSSR count). The topological polar surface area (TPSA) is 231 Å². The first-order valence-electron chi connectivity index (χ1n) is 28.1. The van der Waals surface area contributed by atoms with Crippen molar-refractivity contribution in [1.82, 2.24) is 0 Å². The minimum atomic E-state index is -1.77. The maximum Gasteiger partial charge on any atom is 0.306 e. The number of carbonyl (C=O) groups is 2. The molecule has 2 fully saturated rings. The second-order valence-electron chi connectivity index (χ2n) is 19.7. The molecular weight excluding hydrogens is 913 g/mol. The van der Waals surface area contributed by atoms with Crippen LogP contribution < -0.4 is 0 Å². The third-order valence-corrected chi connectivity index (χ3v) is 13.4. The Morgan fingerprint density at radius 2 is 0.887 bits per heavy atom. The predicted octanol–water partition coefficient (Wildman–Crippen LogP) is 8.88. The average molecular weight is 1010 g/mol. The van der Waals surface area contributed by atoms with Crippen LogP contribution in [0.3, 0.4) is 0 Å². The largest absolute Gasteiger partial charge is 0.462 e. The number of rotatable bonds is 44. The Hall–Kier alpha value is -2.28. The van der Waals surface area contributed by atoms with E-state index >= 15 is 0 Å². The van der Waals surface area contributed by atoms with Gasteiger partial charge in [-0.2, -0.15) is 0 Å². The van der Waals surface area contributed by atoms with Gasteiger partial charge in [0, 0.05) is 12.8 Å². The molecule has 2 heterocycles. The van der Waals surface area contributed by atoms with Crippen LogP contribution in [-0.2, 0) is 38.0 Å². The highest BCUT2D eigenvalue weighted by atomic mass is 16.7. The van der Waals surface area contributed by atoms with E-state index in [0.717, 1.165) is 70.6 Å². The summed E-state index contributed by atoms with van der Waals surface area (Å²) in [6, 6.07) is 0. The van der Waals surface area contributed by atoms with Crippen LogP contribution in [0.2, 0.25) is 0 Å². The molecule has 2 aliphatic rings. The molecular formula is C56H100O15. The number of esters is 2. The van der Waals surface area contributed by atoms with Crippen molar-refractivity contribution in [2.24, 2.45) is 0 Å². The molecule has 2 saturated heterocycles. The van der Waals surface area contributed by atoms with Gasteiger partial charge in [0.25, 0.3) is 0 Å². The zero-order chi connectivity index (χ0) is 51.7. The van der Waals surface area contributed by atoms with E-state index in [2.05, 4.69) is 50.3 Å². The Morgan fingerprint density at radius 1 is 0.465 bits per heavy atom. The minimum absolute atomic E-state index is 0.165. The fourth-order valence-electron chi connectivity index (χ4n) is 8.82. The molecule has 15 nitrogen and oxygen atoms in total. The van der Waals surface area contributed by atoms with Crippen molar-refractivity contribution in [3.63, 3.8) is 0 Å². The summed E-state index contributed by atoms with van der Waals surface area (Å²) in [6.45, 7) is 2.49. The number of aliphatic hydroxyl groups excluding tert-OH is 7. The Balaban J connectivity index is 1.76. The lowest BCUT2D eigenvalue weighted by molar-refractivity contribution is -0.332. The van der Waals surface area contributed by atoms with Crippen LogP contribution in [0.5, 0.6) is 0 Å². The second-order valence-corrected chi connectivity index (χ2v) is 19.7. The molecule has 71 heavy (non-hydrogen) atoms. The smallest absolute Gasteiger partial charge is 0.306 e. The van der Waals surface area contributed by atoms with Crippen LogP contribution >= 0.6 is 0 Å². The van der Waals surface area contributed by atoms with E-state index in [1.54, 1.807) is 0 Å². The summed E-state index contributed by atoms with van der Waals surface area (Å²) in [5.41, 5.74) is 0. The van der Waals surface area contributed by atoms with Crippen molar-refractivity contribution in [3.8, 4) is 0 Å². The molecule has 0 aromatic heterocycles. The summed E-state index contributed by atoms with van der Waals surface area (Å²) >= 11 is 0. The average Bonchev–Trinajstić information content (AvgIpc) is 3.36. The number of aliphatic hydroxyl groups is 7. The molecule has 414 valence electrons. The molecule has 7 N–H and O–H groups in total. The molecule has 2 aliphatic heterocycles. The van der Waals surface area contributed by atoms with Gasteiger partial charge in [0.05, 0.1) is 19.8 Å². The molecule has 0 aromatic carbocycles. The maximum atomic E-state index is 13.1. The fraction of sp³-hybridized carbons (Fsp3) is 0.857. The molecule has 0 aliphatic carbocycles. The molecule has 15 heteroatoms. The third kappa shape index (κ3) is 30.6. The van der Waals surface area contributed by atoms with Crippen LogP contribution in [0.1, 0.15) is 213 Å². The second kappa shape index (κ2) is 43.0. The van der Waals surface area contributed by atoms with Gasteiger partial charge in [-0.3, -0.25) is 9.59 Å². The van der Waals surface area contributed by atoms with Gasteiger partial charge in [-0.1, -0.05) is 192 Å². The van der Waals surface area contributed by atoms with E-state index in [0.29, 0.717) is 12.8 Å². The molecule has 0 bridgehead atoms. The van der Waals surface area contributed by atoms with E-state index in [1.165, 1.54) is 103 Å². The molecule has 0 amide bonds. The maximum absolute atomic E-state index is 13.1. The Labute approximate surface area is 427 Å². The first-order chi connectivity index (χ1) is 34.5. The standard InChI is InChI=1S/C56H100O15/c1-3-5-7-9-11-13-15-17-19-20-21-22-23-25-27-29-31-33-35-37-39-48(59)69-44(41-66-47(58)38-36-34-32-30-28-26-24-18-16-14-12-10-8-6-4-2)42-67-55-54(65)52(63)50(61)46(71-55)43-68-56-53(64)51(62)49(60)45(40-57)70-56/h6,8,12,14,18,24,44-46,49-57,60-65H,3-5,7,9-11,13,15-17,19-23,25-43H2,1-2H3/b8-6+,14-12+,24-18+/t44-,45+,46+,49-,50-,51?,52?,53?,54?,55+,56+/m1/s1. The van der Waals surface area contributed by atoms with Crippen molar-refractivity contribution >= 4 is 11.9 Å². The predicted molar refractivity (Wildman–Crippen MR) is 275 cm³/mol. The molecule has 0 saturated carbocycles. The first kappa shape index (κ1) is 64.8. The monoisotopic (exact) mass is 1010 g/mol. The van der Waals surface area contributed by atoms with Gasteiger partial charge in [-0.05, 0) is 44.9 Å². The normalized spacial score (nSPS) is 25.4. The summed E-state index contributed by atoms with van der Waals surface area (Å²) in [4.78, 5) is 25.8. The van der Waals surface area contributed by atoms with Gasteiger partial charge in [0.2, 0.25) is 0 Å². The highest BCUT2D eigenvalue weighted by Crippen LogP contribution is 2.27. The van der Waals surface area contributed by atoms with Gasteiger partial charge in [0.1, 0.15) is 55.4 Å². The minimum Gasteiger partial charge on any atom is -0.462 e. The Bertz CT molecular complexity index is 1380. The molecule has 11 atom stereocenters. The molecule has 4 unspecified atom stereocenters. The van der Waals surface area contributed by atoms with E-state index in [9.17, 15) is 45.3 Å². The number of unbranched alkanes of at least 4 members (excludes halogenated alkanes) is 24. The van der Waals surface area contributed by atoms with E-state index in [1.807, 2.05) is 0 Å². The quantitative estimate of drug-likeness (QED) is 0.0172. The SMILES string of the molecule is CC/C=C/C/C=C/C/C=C/CCCCCCCC(=O)OC[C@H](CO[C@H]1O[C@@H](CO[C@H]2O[C@@H](CO)[C@@H](O)C(O)C2O)[C@@H](O)C(O)C1O)OC(=O)CCCCCCCCCCCCCCCCCCCCCC. The Kier molecular flexibility index (Phi) is 39.3. The van der Waals surface area contributed by atoms with E-state index in [4.69, 9.17) is 28.4 Å². The van der Waals surface area contributed by atoms with Gasteiger partial charge in [0.15, 0.2) is 18.7 Å². The third-order valence-electron chi connectivity index (χ3n) is 13.4. The van der Waals surface area contributed by atoms with Crippen LogP contribution in [-0.4, -0.2) is 142 Å². The zero-order valence-corrected chi connectivity index (χ0v) is 44.0. The van der Waals surface area contributed by atoms with Crippen molar-refractivity contribution in [3.05, 3.63) is 36.5 Å².